The van der Waals surface area contributed by atoms with Crippen molar-refractivity contribution in [3.05, 3.63) is 66.2 Å². The normalized spacial score (nSPS) is 16.2. The molecule has 2 N–H and O–H groups in total. The Bertz CT molecular complexity index is 793. The summed E-state index contributed by atoms with van der Waals surface area (Å²) in [7, 11) is 0. The molecule has 1 aliphatic heterocycles. The van der Waals surface area contributed by atoms with Crippen LogP contribution in [0.5, 0.6) is 0 Å². The number of carbonyl (C=O) groups is 3. The van der Waals surface area contributed by atoms with Crippen LogP contribution in [0.4, 0.5) is 5.69 Å². The first-order valence-electron chi connectivity index (χ1n) is 9.07. The van der Waals surface area contributed by atoms with Gasteiger partial charge in [-0.3, -0.25) is 14.4 Å². The molecule has 1 saturated heterocycles. The average molecular weight is 365 g/mol. The van der Waals surface area contributed by atoms with E-state index in [2.05, 4.69) is 10.6 Å². The number of para-hydroxylation sites is 1. The summed E-state index contributed by atoms with van der Waals surface area (Å²) in [5, 5.41) is 5.59. The minimum absolute atomic E-state index is 0.0440. The second-order valence-corrected chi connectivity index (χ2v) is 6.54. The molecule has 3 amide bonds. The molecule has 1 aliphatic rings. The van der Waals surface area contributed by atoms with Crippen molar-refractivity contribution in [2.45, 2.75) is 12.8 Å². The van der Waals surface area contributed by atoms with Crippen LogP contribution in [0, 0.1) is 5.92 Å². The topological polar surface area (TPSA) is 78.5 Å². The van der Waals surface area contributed by atoms with Crippen LogP contribution >= 0.6 is 0 Å². The first kappa shape index (κ1) is 18.6. The fraction of sp³-hybridized carbons (Fsp3) is 0.286. The van der Waals surface area contributed by atoms with Gasteiger partial charge in [-0.05, 0) is 17.7 Å². The molecule has 0 radical (unpaired) electrons. The summed E-state index contributed by atoms with van der Waals surface area (Å²) in [6.45, 7) is 1.09. The molecule has 27 heavy (non-hydrogen) atoms. The molecule has 0 bridgehead atoms. The second-order valence-electron chi connectivity index (χ2n) is 6.54. The molecule has 1 fully saturated rings. The van der Waals surface area contributed by atoms with Crippen LogP contribution in [0.2, 0.25) is 0 Å². The summed E-state index contributed by atoms with van der Waals surface area (Å²) in [5.74, 6) is -0.643. The second kappa shape index (κ2) is 8.98. The summed E-state index contributed by atoms with van der Waals surface area (Å²) in [5.41, 5.74) is 1.76. The monoisotopic (exact) mass is 365 g/mol. The summed E-state index contributed by atoms with van der Waals surface area (Å²) in [4.78, 5) is 38.0. The highest BCUT2D eigenvalue weighted by Gasteiger charge is 2.34. The van der Waals surface area contributed by atoms with Gasteiger partial charge in [0.2, 0.25) is 17.7 Å². The number of benzene rings is 2. The number of hydrogen-bond acceptors (Lipinski definition) is 3. The molecule has 0 unspecified atom stereocenters. The van der Waals surface area contributed by atoms with Gasteiger partial charge in [-0.2, -0.15) is 0 Å². The van der Waals surface area contributed by atoms with Crippen LogP contribution in [-0.2, 0) is 20.8 Å². The van der Waals surface area contributed by atoms with E-state index in [1.807, 2.05) is 60.7 Å². The number of carbonyl (C=O) groups excluding carboxylic acids is 3. The molecule has 2 aromatic rings. The highest BCUT2D eigenvalue weighted by Crippen LogP contribution is 2.24. The number of amides is 3. The SMILES string of the molecule is O=C(Cc1ccccc1)NCCNC(=O)[C@H]1CC(=O)N(c2ccccc2)C1. The van der Waals surface area contributed by atoms with Crippen molar-refractivity contribution in [2.24, 2.45) is 5.92 Å². The Morgan fingerprint density at radius 2 is 1.56 bits per heavy atom. The summed E-state index contributed by atoms with van der Waals surface area (Å²) in [6.07, 6.45) is 0.527. The third-order valence-corrected chi connectivity index (χ3v) is 4.52. The van der Waals surface area contributed by atoms with Gasteiger partial charge >= 0.3 is 0 Å². The molecular formula is C21H23N3O3. The molecule has 0 spiro atoms. The summed E-state index contributed by atoms with van der Waals surface area (Å²) >= 11 is 0. The molecule has 140 valence electrons. The third-order valence-electron chi connectivity index (χ3n) is 4.52. The number of nitrogens with zero attached hydrogens (tertiary/aromatic N) is 1. The van der Waals surface area contributed by atoms with Crippen molar-refractivity contribution < 1.29 is 14.4 Å². The lowest BCUT2D eigenvalue weighted by Crippen LogP contribution is -2.38. The Morgan fingerprint density at radius 1 is 0.926 bits per heavy atom. The molecule has 6 nitrogen and oxygen atoms in total. The number of hydrogen-bond donors (Lipinski definition) is 2. The highest BCUT2D eigenvalue weighted by atomic mass is 16.2. The van der Waals surface area contributed by atoms with Crippen LogP contribution in [0.3, 0.4) is 0 Å². The minimum atomic E-state index is -0.363. The van der Waals surface area contributed by atoms with Crippen LogP contribution in [0.15, 0.2) is 60.7 Å². The van der Waals surface area contributed by atoms with E-state index in [0.29, 0.717) is 26.1 Å². The Labute approximate surface area is 158 Å². The predicted octanol–water partition coefficient (Wildman–Crippen LogP) is 1.51. The van der Waals surface area contributed by atoms with E-state index in [4.69, 9.17) is 0 Å². The zero-order valence-electron chi connectivity index (χ0n) is 15.1. The van der Waals surface area contributed by atoms with Gasteiger partial charge in [-0.15, -0.1) is 0 Å². The highest BCUT2D eigenvalue weighted by molar-refractivity contribution is 6.00. The predicted molar refractivity (Wildman–Crippen MR) is 103 cm³/mol. The lowest BCUT2D eigenvalue weighted by Gasteiger charge is -2.16. The van der Waals surface area contributed by atoms with Gasteiger partial charge < -0.3 is 15.5 Å². The van der Waals surface area contributed by atoms with E-state index in [-0.39, 0.29) is 30.1 Å². The maximum Gasteiger partial charge on any atom is 0.227 e. The quantitative estimate of drug-likeness (QED) is 0.730. The van der Waals surface area contributed by atoms with Gasteiger partial charge in [0.25, 0.3) is 0 Å². The summed E-state index contributed by atoms with van der Waals surface area (Å²) < 4.78 is 0. The van der Waals surface area contributed by atoms with Crippen LogP contribution < -0.4 is 15.5 Å². The van der Waals surface area contributed by atoms with Gasteiger partial charge in [0.15, 0.2) is 0 Å². The standard InChI is InChI=1S/C21H23N3O3/c25-19(13-16-7-3-1-4-8-16)22-11-12-23-21(27)17-14-20(26)24(15-17)18-9-5-2-6-10-18/h1-10,17H,11-15H2,(H,22,25)(H,23,27)/t17-/m0/s1. The van der Waals surface area contributed by atoms with Gasteiger partial charge in [0, 0.05) is 31.7 Å². The fourth-order valence-electron chi connectivity index (χ4n) is 3.12. The zero-order chi connectivity index (χ0) is 19.1. The van der Waals surface area contributed by atoms with Crippen molar-refractivity contribution in [2.75, 3.05) is 24.5 Å². The van der Waals surface area contributed by atoms with Crippen LogP contribution in [0.25, 0.3) is 0 Å². The molecule has 2 aromatic carbocycles. The summed E-state index contributed by atoms with van der Waals surface area (Å²) in [6, 6.07) is 18.8. The van der Waals surface area contributed by atoms with Crippen molar-refractivity contribution in [3.63, 3.8) is 0 Å². The number of rotatable bonds is 7. The van der Waals surface area contributed by atoms with Crippen LogP contribution in [-0.4, -0.2) is 37.4 Å². The van der Waals surface area contributed by atoms with E-state index in [1.54, 1.807) is 4.90 Å². The Kier molecular flexibility index (Phi) is 6.20. The molecule has 0 aliphatic carbocycles. The lowest BCUT2D eigenvalue weighted by molar-refractivity contribution is -0.126. The fourth-order valence-corrected chi connectivity index (χ4v) is 3.12. The zero-order valence-corrected chi connectivity index (χ0v) is 15.1. The Balaban J connectivity index is 1.38. The van der Waals surface area contributed by atoms with E-state index in [9.17, 15) is 14.4 Å². The molecule has 1 heterocycles. The Hall–Kier alpha value is -3.15. The van der Waals surface area contributed by atoms with Gasteiger partial charge in [-0.25, -0.2) is 0 Å². The smallest absolute Gasteiger partial charge is 0.227 e. The van der Waals surface area contributed by atoms with Gasteiger partial charge in [0.05, 0.1) is 12.3 Å². The van der Waals surface area contributed by atoms with Crippen molar-refractivity contribution in [3.8, 4) is 0 Å². The maximum atomic E-state index is 12.3. The number of anilines is 1. The van der Waals surface area contributed by atoms with E-state index in [0.717, 1.165) is 11.3 Å². The Morgan fingerprint density at radius 3 is 2.26 bits per heavy atom. The first-order valence-corrected chi connectivity index (χ1v) is 9.07. The van der Waals surface area contributed by atoms with Crippen molar-refractivity contribution in [1.82, 2.24) is 10.6 Å². The lowest BCUT2D eigenvalue weighted by atomic mass is 10.1. The van der Waals surface area contributed by atoms with E-state index in [1.165, 1.54) is 0 Å². The molecule has 3 rings (SSSR count). The van der Waals surface area contributed by atoms with E-state index < -0.39 is 0 Å². The van der Waals surface area contributed by atoms with Crippen molar-refractivity contribution in [1.29, 1.82) is 0 Å². The molecule has 0 saturated carbocycles. The van der Waals surface area contributed by atoms with E-state index >= 15 is 0 Å². The van der Waals surface area contributed by atoms with Gasteiger partial charge in [0.1, 0.15) is 0 Å². The largest absolute Gasteiger partial charge is 0.354 e. The molecule has 0 aromatic heterocycles. The molecular weight excluding hydrogens is 342 g/mol. The minimum Gasteiger partial charge on any atom is -0.354 e. The molecule has 1 atom stereocenters. The van der Waals surface area contributed by atoms with Gasteiger partial charge in [-0.1, -0.05) is 48.5 Å². The maximum absolute atomic E-state index is 12.3. The molecule has 6 heteroatoms. The van der Waals surface area contributed by atoms with Crippen LogP contribution in [0.1, 0.15) is 12.0 Å². The average Bonchev–Trinajstić information content (AvgIpc) is 3.08. The van der Waals surface area contributed by atoms with Crippen molar-refractivity contribution >= 4 is 23.4 Å². The first-order chi connectivity index (χ1) is 13.1. The third kappa shape index (κ3) is 5.17. The number of nitrogens with one attached hydrogen (secondary N) is 2.